The maximum Gasteiger partial charge on any atom is 0.251 e. The number of nitrogens with one attached hydrogen (secondary N) is 1. The molecule has 1 aromatic carbocycles. The molecule has 0 saturated carbocycles. The minimum Gasteiger partial charge on any atom is -0.368 e. The Labute approximate surface area is 176 Å². The van der Waals surface area contributed by atoms with Crippen molar-refractivity contribution in [2.75, 3.05) is 50.8 Å². The fraction of sp³-hybridized carbons (Fsp3) is 0.476. The average molecular weight is 417 g/mol. The first-order valence-electron chi connectivity index (χ1n) is 10.0. The van der Waals surface area contributed by atoms with Crippen LogP contribution in [0.1, 0.15) is 16.7 Å². The second-order valence-corrected chi connectivity index (χ2v) is 8.39. The lowest BCUT2D eigenvalue weighted by Crippen LogP contribution is -2.50. The summed E-state index contributed by atoms with van der Waals surface area (Å²) in [5, 5.41) is 3.32. The molecule has 3 aliphatic heterocycles. The van der Waals surface area contributed by atoms with Crippen LogP contribution in [-0.2, 0) is 14.0 Å². The molecule has 0 spiro atoms. The smallest absolute Gasteiger partial charge is 0.251 e. The molecule has 0 atom stereocenters. The number of nitrogens with zero attached hydrogens (tertiary/aromatic N) is 3. The highest BCUT2D eigenvalue weighted by Crippen LogP contribution is 2.26. The van der Waals surface area contributed by atoms with E-state index in [1.54, 1.807) is 0 Å². The molecule has 1 aromatic rings. The van der Waals surface area contributed by atoms with Crippen LogP contribution >= 0.6 is 12.2 Å². The Morgan fingerprint density at radius 2 is 1.76 bits per heavy atom. The number of anilines is 1. The van der Waals surface area contributed by atoms with Crippen molar-refractivity contribution in [3.63, 3.8) is 0 Å². The van der Waals surface area contributed by atoms with Gasteiger partial charge in [-0.15, -0.1) is 4.33 Å². The number of carbonyl (C=O) groups excluding carboxylic acids is 1. The van der Waals surface area contributed by atoms with Gasteiger partial charge in [0.25, 0.3) is 5.91 Å². The lowest BCUT2D eigenvalue weighted by atomic mass is 10.0. The monoisotopic (exact) mass is 416 g/mol. The number of carbonyl (C=O) groups is 1. The number of hydrogen-bond donors (Lipinski definition) is 1. The van der Waals surface area contributed by atoms with E-state index in [-0.39, 0.29) is 5.91 Å². The van der Waals surface area contributed by atoms with Gasteiger partial charge in [0.1, 0.15) is 12.4 Å². The summed E-state index contributed by atoms with van der Waals surface area (Å²) in [7, 11) is 0. The number of aryl methyl sites for hydroxylation is 3. The maximum absolute atomic E-state index is 13.0. The van der Waals surface area contributed by atoms with Gasteiger partial charge in [-0.05, 0) is 55.7 Å². The van der Waals surface area contributed by atoms with E-state index >= 15 is 0 Å². The van der Waals surface area contributed by atoms with Crippen LogP contribution in [0.3, 0.4) is 0 Å². The minimum absolute atomic E-state index is 0.120. The maximum atomic E-state index is 13.0. The summed E-state index contributed by atoms with van der Waals surface area (Å²) in [5.41, 5.74) is 6.02. The van der Waals surface area contributed by atoms with Gasteiger partial charge >= 0.3 is 0 Å². The summed E-state index contributed by atoms with van der Waals surface area (Å²) in [5.74, 6) is 1.06. The molecule has 4 rings (SSSR count). The molecule has 3 heterocycles. The van der Waals surface area contributed by atoms with Crippen molar-refractivity contribution < 1.29 is 14.0 Å². The Kier molecular flexibility index (Phi) is 6.03. The molecule has 0 radical (unpaired) electrons. The second kappa shape index (κ2) is 8.69. The van der Waals surface area contributed by atoms with Crippen LogP contribution in [0, 0.1) is 20.8 Å². The number of piperazine rings is 1. The number of benzene rings is 1. The number of amides is 1. The molecular formula is C21H28N4O3S. The molecule has 1 amide bonds. The molecule has 29 heavy (non-hydrogen) atoms. The zero-order valence-corrected chi connectivity index (χ0v) is 18.1. The Balaban J connectivity index is 1.36. The normalized spacial score (nSPS) is 20.2. The van der Waals surface area contributed by atoms with Gasteiger partial charge in [-0.1, -0.05) is 6.07 Å². The van der Waals surface area contributed by atoms with Crippen molar-refractivity contribution in [1.29, 1.82) is 0 Å². The first kappa shape index (κ1) is 20.1. The molecule has 156 valence electrons. The van der Waals surface area contributed by atoms with Crippen LogP contribution in [0.25, 0.3) is 0 Å². The highest BCUT2D eigenvalue weighted by molar-refractivity contribution is 7.92. The van der Waals surface area contributed by atoms with Crippen molar-refractivity contribution in [2.24, 2.45) is 0 Å². The summed E-state index contributed by atoms with van der Waals surface area (Å²) in [6, 6.07) is 4.53. The molecule has 3 aliphatic rings. The molecule has 1 N–H and O–H groups in total. The fourth-order valence-corrected chi connectivity index (χ4v) is 4.39. The molecule has 7 nitrogen and oxygen atoms in total. The molecule has 2 saturated heterocycles. The van der Waals surface area contributed by atoms with Crippen LogP contribution in [0.2, 0.25) is 0 Å². The van der Waals surface area contributed by atoms with E-state index in [4.69, 9.17) is 9.22 Å². The predicted octanol–water partition coefficient (Wildman–Crippen LogP) is 2.46. The Morgan fingerprint density at radius 3 is 2.41 bits per heavy atom. The number of rotatable bonds is 3. The molecule has 0 unspecified atom stereocenters. The molecule has 0 aliphatic carbocycles. The van der Waals surface area contributed by atoms with Gasteiger partial charge in [0.2, 0.25) is 0 Å². The SMILES string of the molecule is Cc1cc(C)c(N2CCN(C(=O)C3=CC=C(N4CCOOS4)NC3)CC2)cc1C. The van der Waals surface area contributed by atoms with Crippen molar-refractivity contribution in [1.82, 2.24) is 14.5 Å². The highest BCUT2D eigenvalue weighted by Gasteiger charge is 2.26. The average Bonchev–Trinajstić information content (AvgIpc) is 2.77. The number of hydrogen-bond acceptors (Lipinski definition) is 7. The van der Waals surface area contributed by atoms with Gasteiger partial charge in [0.05, 0.1) is 6.54 Å². The van der Waals surface area contributed by atoms with Crippen molar-refractivity contribution in [2.45, 2.75) is 20.8 Å². The van der Waals surface area contributed by atoms with E-state index in [0.717, 1.165) is 56.3 Å². The highest BCUT2D eigenvalue weighted by atomic mass is 32.2. The van der Waals surface area contributed by atoms with Gasteiger partial charge in [-0.3, -0.25) is 9.10 Å². The zero-order valence-electron chi connectivity index (χ0n) is 17.2. The van der Waals surface area contributed by atoms with Crippen LogP contribution in [0.4, 0.5) is 5.69 Å². The topological polar surface area (TPSA) is 57.3 Å². The Hall–Kier alpha value is -2.16. The molecule has 0 aromatic heterocycles. The fourth-order valence-electron chi connectivity index (χ4n) is 3.85. The predicted molar refractivity (Wildman–Crippen MR) is 115 cm³/mol. The summed E-state index contributed by atoms with van der Waals surface area (Å²) in [6.07, 6.45) is 3.86. The number of dihydropyridines is 1. The van der Waals surface area contributed by atoms with Gasteiger partial charge < -0.3 is 15.1 Å². The second-order valence-electron chi connectivity index (χ2n) is 7.67. The summed E-state index contributed by atoms with van der Waals surface area (Å²) >= 11 is 1.16. The lowest BCUT2D eigenvalue weighted by molar-refractivity contribution is -0.205. The third-order valence-electron chi connectivity index (χ3n) is 5.71. The number of allylic oxidation sites excluding steroid dienone is 2. The first-order chi connectivity index (χ1) is 14.0. The van der Waals surface area contributed by atoms with Crippen molar-refractivity contribution >= 4 is 23.8 Å². The molecule has 8 heteroatoms. The van der Waals surface area contributed by atoms with Crippen LogP contribution in [0.5, 0.6) is 0 Å². The Bertz CT molecular complexity index is 841. The molecule has 0 bridgehead atoms. The standard InChI is InChI=1S/C21H28N4O3S/c1-15-12-17(3)19(13-16(15)2)23-6-8-24(9-7-23)21(26)18-4-5-20(22-14-18)25-10-11-27-28-29-25/h4-5,12-13,22H,6-11,14H2,1-3H3. The summed E-state index contributed by atoms with van der Waals surface area (Å²) < 4.78 is 6.91. The largest absolute Gasteiger partial charge is 0.368 e. The third kappa shape index (κ3) is 4.39. The van der Waals surface area contributed by atoms with Crippen LogP contribution in [-0.4, -0.2) is 61.0 Å². The first-order valence-corrected chi connectivity index (χ1v) is 10.7. The van der Waals surface area contributed by atoms with E-state index in [1.165, 1.54) is 22.4 Å². The van der Waals surface area contributed by atoms with E-state index in [2.05, 4.69) is 43.1 Å². The van der Waals surface area contributed by atoms with Gasteiger partial charge in [0, 0.05) is 44.0 Å². The molecule has 2 fully saturated rings. The van der Waals surface area contributed by atoms with Gasteiger partial charge in [-0.2, -0.15) is 0 Å². The van der Waals surface area contributed by atoms with E-state index in [9.17, 15) is 4.79 Å². The van der Waals surface area contributed by atoms with Gasteiger partial charge in [0.15, 0.2) is 12.2 Å². The summed E-state index contributed by atoms with van der Waals surface area (Å²) in [6.45, 7) is 11.5. The minimum atomic E-state index is 0.120. The van der Waals surface area contributed by atoms with Crippen LogP contribution in [0.15, 0.2) is 35.7 Å². The summed E-state index contributed by atoms with van der Waals surface area (Å²) in [4.78, 5) is 22.2. The Morgan fingerprint density at radius 1 is 1.00 bits per heavy atom. The molecular weight excluding hydrogens is 388 g/mol. The van der Waals surface area contributed by atoms with Crippen molar-refractivity contribution in [3.8, 4) is 0 Å². The third-order valence-corrected chi connectivity index (χ3v) is 6.43. The zero-order chi connectivity index (χ0) is 20.4. The van der Waals surface area contributed by atoms with Crippen LogP contribution < -0.4 is 10.2 Å². The van der Waals surface area contributed by atoms with Crippen molar-refractivity contribution in [3.05, 3.63) is 52.4 Å². The lowest BCUT2D eigenvalue weighted by Gasteiger charge is -2.38. The van der Waals surface area contributed by atoms with E-state index in [0.29, 0.717) is 13.2 Å². The van der Waals surface area contributed by atoms with Gasteiger partial charge in [-0.25, -0.2) is 4.89 Å². The van der Waals surface area contributed by atoms with E-state index < -0.39 is 0 Å². The quantitative estimate of drug-likeness (QED) is 0.461. The van der Waals surface area contributed by atoms with E-state index in [1.807, 2.05) is 21.4 Å².